The smallest absolute Gasteiger partial charge is 0.234 e. The second-order valence-corrected chi connectivity index (χ2v) is 8.18. The molecule has 156 valence electrons. The van der Waals surface area contributed by atoms with Gasteiger partial charge < -0.3 is 10.1 Å². The number of nitrogens with one attached hydrogen (secondary N) is 2. The molecule has 2 aromatic rings. The first-order chi connectivity index (χ1) is 14.2. The lowest BCUT2D eigenvalue weighted by Gasteiger charge is -2.24. The van der Waals surface area contributed by atoms with Gasteiger partial charge in [-0.1, -0.05) is 19.3 Å². The second kappa shape index (κ2) is 9.39. The van der Waals surface area contributed by atoms with Crippen LogP contribution in [0.15, 0.2) is 30.3 Å². The monoisotopic (exact) mass is 400 g/mol. The maximum atomic E-state index is 13.0. The van der Waals surface area contributed by atoms with Gasteiger partial charge in [0.25, 0.3) is 0 Å². The Balaban J connectivity index is 1.22. The predicted octanol–water partition coefficient (Wildman–Crippen LogP) is 3.37. The summed E-state index contributed by atoms with van der Waals surface area (Å²) in [5.41, 5.74) is 1.90. The normalized spacial score (nSPS) is 20.7. The molecule has 1 saturated carbocycles. The molecular weight excluding hydrogens is 371 g/mol. The van der Waals surface area contributed by atoms with Crippen LogP contribution < -0.4 is 10.1 Å². The van der Waals surface area contributed by atoms with Crippen LogP contribution in [0.5, 0.6) is 5.75 Å². The molecule has 6 nitrogen and oxygen atoms in total. The van der Waals surface area contributed by atoms with Gasteiger partial charge in [0.15, 0.2) is 0 Å². The molecule has 0 bridgehead atoms. The van der Waals surface area contributed by atoms with E-state index in [1.807, 2.05) is 6.07 Å². The number of benzene rings is 1. The standard InChI is InChI=1S/C22H29FN4O2/c23-17-6-8-20(9-7-17)29-15-19-12-21(26-25-19)16-10-11-27(13-16)14-22(28)24-18-4-2-1-3-5-18/h6-9,12,16,18H,1-5,10-11,13-15H2,(H,24,28)(H,25,26)/t16-/m1/s1. The Morgan fingerprint density at radius 3 is 2.79 bits per heavy atom. The zero-order chi connectivity index (χ0) is 20.1. The molecule has 1 saturated heterocycles. The van der Waals surface area contributed by atoms with Crippen LogP contribution in [0.2, 0.25) is 0 Å². The lowest BCUT2D eigenvalue weighted by Crippen LogP contribution is -2.42. The highest BCUT2D eigenvalue weighted by atomic mass is 19.1. The van der Waals surface area contributed by atoms with Crippen LogP contribution in [-0.2, 0) is 11.4 Å². The Hall–Kier alpha value is -2.41. The van der Waals surface area contributed by atoms with E-state index in [1.54, 1.807) is 12.1 Å². The first-order valence-electron chi connectivity index (χ1n) is 10.6. The van der Waals surface area contributed by atoms with Crippen LogP contribution in [0, 0.1) is 5.82 Å². The number of nitrogens with zero attached hydrogens (tertiary/aromatic N) is 2. The average molecular weight is 400 g/mol. The van der Waals surface area contributed by atoms with Gasteiger partial charge in [0.2, 0.25) is 5.91 Å². The average Bonchev–Trinajstić information content (AvgIpc) is 3.38. The molecule has 1 atom stereocenters. The Bertz CT molecular complexity index is 801. The summed E-state index contributed by atoms with van der Waals surface area (Å²) in [4.78, 5) is 14.6. The Morgan fingerprint density at radius 2 is 2.00 bits per heavy atom. The van der Waals surface area contributed by atoms with Crippen LogP contribution in [0.3, 0.4) is 0 Å². The molecule has 2 heterocycles. The van der Waals surface area contributed by atoms with Crippen molar-refractivity contribution in [2.45, 2.75) is 57.1 Å². The molecule has 1 aromatic carbocycles. The van der Waals surface area contributed by atoms with Crippen molar-refractivity contribution in [3.8, 4) is 5.75 Å². The molecule has 2 aliphatic rings. The van der Waals surface area contributed by atoms with Gasteiger partial charge in [-0.3, -0.25) is 14.8 Å². The minimum atomic E-state index is -0.278. The summed E-state index contributed by atoms with van der Waals surface area (Å²) in [6, 6.07) is 8.38. The SMILES string of the molecule is O=C(CN1CC[C@@H](c2cc(COc3ccc(F)cc3)[nH]n2)C1)NC1CCCCC1. The largest absolute Gasteiger partial charge is 0.487 e. The van der Waals surface area contributed by atoms with E-state index in [0.29, 0.717) is 30.9 Å². The molecule has 0 spiro atoms. The van der Waals surface area contributed by atoms with Crippen molar-refractivity contribution >= 4 is 5.91 Å². The molecule has 1 amide bonds. The van der Waals surface area contributed by atoms with Crippen LogP contribution >= 0.6 is 0 Å². The van der Waals surface area contributed by atoms with Gasteiger partial charge in [-0.25, -0.2) is 4.39 Å². The van der Waals surface area contributed by atoms with Gasteiger partial charge in [0.1, 0.15) is 18.2 Å². The van der Waals surface area contributed by atoms with Gasteiger partial charge in [0.05, 0.1) is 17.9 Å². The zero-order valence-electron chi connectivity index (χ0n) is 16.7. The van der Waals surface area contributed by atoms with E-state index >= 15 is 0 Å². The number of ether oxygens (including phenoxy) is 1. The summed E-state index contributed by atoms with van der Waals surface area (Å²) >= 11 is 0. The third kappa shape index (κ3) is 5.56. The van der Waals surface area contributed by atoms with E-state index in [1.165, 1.54) is 31.4 Å². The Morgan fingerprint density at radius 1 is 1.21 bits per heavy atom. The van der Waals surface area contributed by atoms with Gasteiger partial charge in [-0.15, -0.1) is 0 Å². The topological polar surface area (TPSA) is 70.2 Å². The van der Waals surface area contributed by atoms with E-state index in [2.05, 4.69) is 20.4 Å². The molecule has 1 aliphatic carbocycles. The molecule has 0 radical (unpaired) electrons. The van der Waals surface area contributed by atoms with E-state index in [9.17, 15) is 9.18 Å². The summed E-state index contributed by atoms with van der Waals surface area (Å²) in [7, 11) is 0. The number of carbonyl (C=O) groups is 1. The molecule has 29 heavy (non-hydrogen) atoms. The van der Waals surface area contributed by atoms with Crippen molar-refractivity contribution in [3.05, 3.63) is 47.5 Å². The van der Waals surface area contributed by atoms with Gasteiger partial charge in [-0.2, -0.15) is 5.10 Å². The molecule has 2 N–H and O–H groups in total. The maximum absolute atomic E-state index is 13.0. The number of aromatic nitrogens is 2. The summed E-state index contributed by atoms with van der Waals surface area (Å²) in [6.45, 7) is 2.59. The van der Waals surface area contributed by atoms with E-state index < -0.39 is 0 Å². The Kier molecular flexibility index (Phi) is 6.44. The van der Waals surface area contributed by atoms with Gasteiger partial charge in [0, 0.05) is 18.5 Å². The number of H-pyrrole nitrogens is 1. The predicted molar refractivity (Wildman–Crippen MR) is 108 cm³/mol. The van der Waals surface area contributed by atoms with E-state index in [4.69, 9.17) is 4.74 Å². The summed E-state index contributed by atoms with van der Waals surface area (Å²) in [5, 5.41) is 10.7. The molecule has 1 aromatic heterocycles. The highest BCUT2D eigenvalue weighted by Crippen LogP contribution is 2.26. The van der Waals surface area contributed by atoms with Crippen molar-refractivity contribution in [1.29, 1.82) is 0 Å². The van der Waals surface area contributed by atoms with Crippen molar-refractivity contribution in [2.75, 3.05) is 19.6 Å². The molecule has 2 fully saturated rings. The minimum Gasteiger partial charge on any atom is -0.487 e. The fourth-order valence-electron chi connectivity index (χ4n) is 4.30. The zero-order valence-corrected chi connectivity index (χ0v) is 16.7. The van der Waals surface area contributed by atoms with Crippen LogP contribution in [0.4, 0.5) is 4.39 Å². The number of halogens is 1. The highest BCUT2D eigenvalue weighted by molar-refractivity contribution is 5.78. The molecule has 1 aliphatic heterocycles. The van der Waals surface area contributed by atoms with Crippen LogP contribution in [0.1, 0.15) is 55.8 Å². The van der Waals surface area contributed by atoms with Crippen LogP contribution in [0.25, 0.3) is 0 Å². The van der Waals surface area contributed by atoms with Crippen molar-refractivity contribution in [1.82, 2.24) is 20.4 Å². The highest BCUT2D eigenvalue weighted by Gasteiger charge is 2.27. The third-order valence-corrected chi connectivity index (χ3v) is 5.89. The van der Waals surface area contributed by atoms with Gasteiger partial charge >= 0.3 is 0 Å². The molecule has 4 rings (SSSR count). The van der Waals surface area contributed by atoms with Crippen molar-refractivity contribution in [3.63, 3.8) is 0 Å². The fourth-order valence-corrected chi connectivity index (χ4v) is 4.30. The summed E-state index contributed by atoms with van der Waals surface area (Å²) in [5.74, 6) is 0.819. The second-order valence-electron chi connectivity index (χ2n) is 8.18. The van der Waals surface area contributed by atoms with Crippen LogP contribution in [-0.4, -0.2) is 46.7 Å². The van der Waals surface area contributed by atoms with Crippen molar-refractivity contribution < 1.29 is 13.9 Å². The first-order valence-corrected chi connectivity index (χ1v) is 10.6. The first kappa shape index (κ1) is 19.9. The number of likely N-dealkylation sites (tertiary alicyclic amines) is 1. The maximum Gasteiger partial charge on any atom is 0.234 e. The number of aromatic amines is 1. The number of amides is 1. The molecule has 7 heteroatoms. The van der Waals surface area contributed by atoms with Crippen molar-refractivity contribution in [2.24, 2.45) is 0 Å². The fraction of sp³-hybridized carbons (Fsp3) is 0.545. The quantitative estimate of drug-likeness (QED) is 0.748. The summed E-state index contributed by atoms with van der Waals surface area (Å²) < 4.78 is 18.6. The number of hydrogen-bond donors (Lipinski definition) is 2. The number of rotatable bonds is 7. The van der Waals surface area contributed by atoms with E-state index in [0.717, 1.165) is 43.7 Å². The minimum absolute atomic E-state index is 0.146. The molecular formula is C22H29FN4O2. The number of carbonyl (C=O) groups excluding carboxylic acids is 1. The Labute approximate surface area is 170 Å². The molecule has 0 unspecified atom stereocenters. The lowest BCUT2D eigenvalue weighted by atomic mass is 9.95. The lowest BCUT2D eigenvalue weighted by molar-refractivity contribution is -0.122. The summed E-state index contributed by atoms with van der Waals surface area (Å²) in [6.07, 6.45) is 6.97. The number of hydrogen-bond acceptors (Lipinski definition) is 4. The van der Waals surface area contributed by atoms with Gasteiger partial charge in [-0.05, 0) is 56.1 Å². The van der Waals surface area contributed by atoms with E-state index in [-0.39, 0.29) is 11.7 Å². The third-order valence-electron chi connectivity index (χ3n) is 5.89.